The van der Waals surface area contributed by atoms with Crippen LogP contribution >= 0.6 is 0 Å². The Hall–Kier alpha value is -4.28. The molecule has 13 nitrogen and oxygen atoms in total. The molecule has 3 rings (SSSR count). The van der Waals surface area contributed by atoms with E-state index in [0.29, 0.717) is 38.2 Å². The molecule has 0 aliphatic carbocycles. The third-order valence-corrected chi connectivity index (χ3v) is 10.5. The van der Waals surface area contributed by atoms with Gasteiger partial charge in [-0.2, -0.15) is 5.26 Å². The second-order valence-electron chi connectivity index (χ2n) is 16.6. The number of hydrogen-bond acceptors (Lipinski definition) is 11. The van der Waals surface area contributed by atoms with Crippen molar-refractivity contribution in [2.75, 3.05) is 40.1 Å². The molecule has 65 heavy (non-hydrogen) atoms. The third kappa shape index (κ3) is 37.6. The first kappa shape index (κ1) is 69.8. The number of ether oxygens (including phenoxy) is 6. The average Bonchev–Trinajstić information content (AvgIpc) is 4.15. The monoisotopic (exact) mass is 918 g/mol. The quantitative estimate of drug-likeness (QED) is 0.0339. The van der Waals surface area contributed by atoms with Crippen molar-refractivity contribution in [1.82, 2.24) is 0 Å². The number of epoxide rings is 1. The summed E-state index contributed by atoms with van der Waals surface area (Å²) in [6, 6.07) is 18.7. The molecule has 2 aromatic rings. The number of nitrogens with zero attached hydrogens (tertiary/aromatic N) is 1. The number of methoxy groups -OCH3 is 1. The molecule has 0 saturated carbocycles. The number of nitrogens with two attached hydrogens (primary N) is 1. The van der Waals surface area contributed by atoms with E-state index in [-0.39, 0.29) is 46.6 Å². The van der Waals surface area contributed by atoms with Gasteiger partial charge in [0.2, 0.25) is 0 Å². The summed E-state index contributed by atoms with van der Waals surface area (Å²) < 4.78 is 38.4. The normalized spacial score (nSPS) is 13.7. The molecule has 1 heterocycles. The molecule has 1 fully saturated rings. The van der Waals surface area contributed by atoms with Gasteiger partial charge in [-0.15, -0.1) is 0 Å². The number of benzene rings is 2. The fourth-order valence-corrected chi connectivity index (χ4v) is 3.99. The summed E-state index contributed by atoms with van der Waals surface area (Å²) in [5.41, 5.74) is 7.97. The Bertz CT molecular complexity index is 1520. The van der Waals surface area contributed by atoms with Gasteiger partial charge >= 0.3 is 23.2 Å². The Morgan fingerprint density at radius 1 is 0.815 bits per heavy atom. The van der Waals surface area contributed by atoms with Crippen LogP contribution < -0.4 is 15.2 Å². The molecule has 13 heteroatoms. The summed E-state index contributed by atoms with van der Waals surface area (Å²) in [5.74, 6) is 3.01. The van der Waals surface area contributed by atoms with Gasteiger partial charge in [0, 0.05) is 24.8 Å². The van der Waals surface area contributed by atoms with Crippen molar-refractivity contribution in [3.05, 3.63) is 66.3 Å². The molecule has 0 bridgehead atoms. The van der Waals surface area contributed by atoms with Crippen LogP contribution in [-0.4, -0.2) is 75.6 Å². The summed E-state index contributed by atoms with van der Waals surface area (Å²) in [7, 11) is 1.69. The van der Waals surface area contributed by atoms with E-state index in [9.17, 15) is 9.59 Å². The third-order valence-electron chi connectivity index (χ3n) is 10.5. The van der Waals surface area contributed by atoms with Crippen LogP contribution in [0.2, 0.25) is 0 Å². The van der Waals surface area contributed by atoms with Crippen LogP contribution in [-0.2, 0) is 33.2 Å². The van der Waals surface area contributed by atoms with Gasteiger partial charge < -0.3 is 45.0 Å². The SMILES string of the molecule is CCC(C)(C)C(=O)OCC1CO1.CCC(C)(C)C(=O)OCCN.CCC(C)=N.CCC(C)C#N.CCC(C)c1ccc(OC)cc1.CCOC(C)Oc1ccc(C(C)CC)cc1.O.[C-]#[O+]. The van der Waals surface area contributed by atoms with Crippen LogP contribution in [0.25, 0.3) is 0 Å². The van der Waals surface area contributed by atoms with Crippen molar-refractivity contribution in [2.45, 2.75) is 174 Å². The summed E-state index contributed by atoms with van der Waals surface area (Å²) in [6.07, 6.45) is 5.78. The van der Waals surface area contributed by atoms with Crippen LogP contribution in [0.4, 0.5) is 0 Å². The molecule has 0 amide bonds. The Kier molecular flexibility index (Phi) is 45.5. The summed E-state index contributed by atoms with van der Waals surface area (Å²) in [6.45, 7) is 39.0. The van der Waals surface area contributed by atoms with E-state index >= 15 is 0 Å². The van der Waals surface area contributed by atoms with E-state index < -0.39 is 0 Å². The summed E-state index contributed by atoms with van der Waals surface area (Å²) in [4.78, 5) is 22.5. The van der Waals surface area contributed by atoms with Gasteiger partial charge in [0.25, 0.3) is 0 Å². The van der Waals surface area contributed by atoms with Crippen LogP contribution in [0.1, 0.15) is 172 Å². The Morgan fingerprint density at radius 3 is 1.49 bits per heavy atom. The molecule has 5 atom stereocenters. The fraction of sp³-hybridized carbons (Fsp3) is 0.673. The zero-order chi connectivity index (χ0) is 50.3. The maximum absolute atomic E-state index is 11.4. The van der Waals surface area contributed by atoms with Crippen LogP contribution in [0.5, 0.6) is 11.5 Å². The maximum atomic E-state index is 11.4. The van der Waals surface area contributed by atoms with Gasteiger partial charge in [0.1, 0.15) is 30.8 Å². The predicted octanol–water partition coefficient (Wildman–Crippen LogP) is 11.6. The molecule has 2 aromatic carbocycles. The number of esters is 2. The number of nitriles is 1. The molecule has 5 N–H and O–H groups in total. The second-order valence-corrected chi connectivity index (χ2v) is 16.6. The van der Waals surface area contributed by atoms with E-state index in [1.54, 1.807) is 14.0 Å². The van der Waals surface area contributed by atoms with E-state index in [4.69, 9.17) is 49.5 Å². The van der Waals surface area contributed by atoms with E-state index in [1.807, 2.05) is 100 Å². The van der Waals surface area contributed by atoms with Crippen LogP contribution in [0, 0.1) is 40.1 Å². The minimum absolute atomic E-state index is 0. The van der Waals surface area contributed by atoms with Gasteiger partial charge in [0.15, 0.2) is 6.29 Å². The molecule has 1 aliphatic heterocycles. The van der Waals surface area contributed by atoms with E-state index in [1.165, 1.54) is 17.5 Å². The molecule has 1 aliphatic rings. The van der Waals surface area contributed by atoms with Crippen molar-refractivity contribution in [1.29, 1.82) is 10.7 Å². The molecular formula is C52H91N3O10. The number of rotatable bonds is 19. The Labute approximate surface area is 395 Å². The number of hydrogen-bond donors (Lipinski definition) is 2. The Morgan fingerprint density at radius 2 is 1.22 bits per heavy atom. The van der Waals surface area contributed by atoms with Crippen molar-refractivity contribution < 1.29 is 48.1 Å². The average molecular weight is 918 g/mol. The van der Waals surface area contributed by atoms with Crippen LogP contribution in [0.15, 0.2) is 48.5 Å². The van der Waals surface area contributed by atoms with Crippen LogP contribution in [0.3, 0.4) is 0 Å². The molecule has 1 saturated heterocycles. The van der Waals surface area contributed by atoms with Crippen molar-refractivity contribution in [3.63, 3.8) is 0 Å². The zero-order valence-corrected chi connectivity index (χ0v) is 43.5. The van der Waals surface area contributed by atoms with Gasteiger partial charge in [-0.1, -0.05) is 79.7 Å². The molecular weight excluding hydrogens is 827 g/mol. The van der Waals surface area contributed by atoms with E-state index in [0.717, 1.165) is 55.9 Å². The number of nitrogens with one attached hydrogen (secondary N) is 1. The second kappa shape index (κ2) is 42.4. The molecule has 0 radical (unpaired) electrons. The first-order valence-electron chi connectivity index (χ1n) is 23.0. The molecule has 5 unspecified atom stereocenters. The van der Waals surface area contributed by atoms with Gasteiger partial charge in [-0.25, -0.2) is 0 Å². The number of carbonyl (C=O) groups excluding carboxylic acids is 2. The van der Waals surface area contributed by atoms with E-state index in [2.05, 4.69) is 64.7 Å². The Balaban J connectivity index is -0.000000226. The summed E-state index contributed by atoms with van der Waals surface area (Å²) in [5, 5.41) is 14.8. The zero-order valence-electron chi connectivity index (χ0n) is 43.5. The molecule has 0 aromatic heterocycles. The topological polar surface area (TPSA) is 218 Å². The number of carbonyl (C=O) groups is 2. The van der Waals surface area contributed by atoms with Crippen molar-refractivity contribution in [3.8, 4) is 17.6 Å². The summed E-state index contributed by atoms with van der Waals surface area (Å²) >= 11 is 0. The standard InChI is InChI=1S/C14H22O2.C11H16O.C9H16O3.C8H17NO2.C5H9N.C4H9N.CO.H2O/c1-5-11(3)13-7-9-14(10-8-13)16-12(4)15-6-2;1-4-9(2)10-5-7-11(12-3)8-6-10;1-4-9(2,3)8(10)12-6-7-5-11-7;1-4-8(2,3)7(10)11-6-5-9;1-3-5(2)4-6;1-3-4(2)5;1-2;/h7-12H,5-6H2,1-4H3;5-9H,4H2,1-3H3;7H,4-6H2,1-3H3;4-6,9H2,1-3H3;5H,3H2,1-2H3;5H,3H2,1-2H3;;1H2. The minimum atomic E-state index is -0.366. The van der Waals surface area contributed by atoms with Gasteiger partial charge in [-0.05, 0) is 141 Å². The molecule has 0 spiro atoms. The van der Waals surface area contributed by atoms with Gasteiger partial charge in [-0.3, -0.25) is 9.59 Å². The fourth-order valence-electron chi connectivity index (χ4n) is 3.99. The first-order valence-corrected chi connectivity index (χ1v) is 23.0. The van der Waals surface area contributed by atoms with Gasteiger partial charge in [0.05, 0.1) is 30.6 Å². The predicted molar refractivity (Wildman–Crippen MR) is 264 cm³/mol. The van der Waals surface area contributed by atoms with Crippen molar-refractivity contribution in [2.24, 2.45) is 22.5 Å². The van der Waals surface area contributed by atoms with Crippen molar-refractivity contribution >= 4 is 17.7 Å². The first-order chi connectivity index (χ1) is 30.1. The molecule has 374 valence electrons.